The monoisotopic (exact) mass is 254 g/mol. The third-order valence-corrected chi connectivity index (χ3v) is 3.14. The number of hydrogen-bond donors (Lipinski definition) is 0. The molecule has 0 saturated carbocycles. The van der Waals surface area contributed by atoms with Crippen LogP contribution in [0.1, 0.15) is 5.56 Å². The van der Waals surface area contributed by atoms with Crippen LogP contribution in [0.3, 0.4) is 0 Å². The van der Waals surface area contributed by atoms with Crippen molar-refractivity contribution >= 4 is 17.6 Å². The molecule has 0 fully saturated rings. The first kappa shape index (κ1) is 10.9. The van der Waals surface area contributed by atoms with Crippen LogP contribution in [-0.2, 0) is 0 Å². The van der Waals surface area contributed by atoms with Crippen molar-refractivity contribution in [3.8, 4) is 11.4 Å². The lowest BCUT2D eigenvalue weighted by atomic mass is 10.2. The van der Waals surface area contributed by atoms with Gasteiger partial charge < -0.3 is 0 Å². The molecule has 18 heavy (non-hydrogen) atoms. The van der Waals surface area contributed by atoms with E-state index >= 15 is 0 Å². The predicted octanol–water partition coefficient (Wildman–Crippen LogP) is 2.89. The van der Waals surface area contributed by atoms with Gasteiger partial charge in [-0.15, -0.1) is 10.2 Å². The van der Waals surface area contributed by atoms with Gasteiger partial charge in [-0.25, -0.2) is 0 Å². The zero-order chi connectivity index (χ0) is 12.2. The zero-order valence-electron chi connectivity index (χ0n) is 9.47. The maximum atomic E-state index is 4.36. The van der Waals surface area contributed by atoms with E-state index in [1.807, 2.05) is 47.2 Å². The van der Waals surface area contributed by atoms with Crippen molar-refractivity contribution in [1.82, 2.24) is 14.9 Å². The van der Waals surface area contributed by atoms with Crippen molar-refractivity contribution < 1.29 is 0 Å². The topological polar surface area (TPSA) is 43.1 Å². The Morgan fingerprint density at radius 2 is 2.06 bits per heavy atom. The summed E-state index contributed by atoms with van der Waals surface area (Å²) in [5.74, 6) is 0.738. The van der Waals surface area contributed by atoms with Crippen molar-refractivity contribution in [1.29, 1.82) is 0 Å². The summed E-state index contributed by atoms with van der Waals surface area (Å²) in [5, 5.41) is 16.4. The first-order valence-corrected chi connectivity index (χ1v) is 6.40. The van der Waals surface area contributed by atoms with Crippen molar-refractivity contribution in [3.63, 3.8) is 0 Å². The van der Waals surface area contributed by atoms with Crippen LogP contribution in [0, 0.1) is 0 Å². The van der Waals surface area contributed by atoms with Crippen molar-refractivity contribution in [2.45, 2.75) is 0 Å². The van der Waals surface area contributed by atoms with E-state index in [0.717, 1.165) is 17.0 Å². The van der Waals surface area contributed by atoms with Crippen molar-refractivity contribution in [2.24, 2.45) is 5.10 Å². The van der Waals surface area contributed by atoms with Gasteiger partial charge in [0, 0.05) is 11.1 Å². The first-order valence-electron chi connectivity index (χ1n) is 5.45. The third-order valence-electron chi connectivity index (χ3n) is 2.44. The molecule has 0 bridgehead atoms. The van der Waals surface area contributed by atoms with Crippen LogP contribution in [0.2, 0.25) is 0 Å². The lowest BCUT2D eigenvalue weighted by Gasteiger charge is -1.99. The highest BCUT2D eigenvalue weighted by molar-refractivity contribution is 7.08. The Morgan fingerprint density at radius 3 is 2.83 bits per heavy atom. The third kappa shape index (κ3) is 2.21. The fourth-order valence-electron chi connectivity index (χ4n) is 1.57. The molecule has 0 aliphatic carbocycles. The van der Waals surface area contributed by atoms with Gasteiger partial charge in [0.1, 0.15) is 6.33 Å². The van der Waals surface area contributed by atoms with E-state index in [9.17, 15) is 0 Å². The second-order valence-corrected chi connectivity index (χ2v) is 4.45. The summed E-state index contributed by atoms with van der Waals surface area (Å²) in [5.41, 5.74) is 2.07. The number of hydrogen-bond acceptors (Lipinski definition) is 4. The molecule has 1 aromatic carbocycles. The number of thiophene rings is 1. The van der Waals surface area contributed by atoms with E-state index in [4.69, 9.17) is 0 Å². The van der Waals surface area contributed by atoms with Gasteiger partial charge in [0.15, 0.2) is 5.82 Å². The molecule has 0 unspecified atom stereocenters. The summed E-state index contributed by atoms with van der Waals surface area (Å²) >= 11 is 1.65. The summed E-state index contributed by atoms with van der Waals surface area (Å²) in [6.07, 6.45) is 3.40. The SMILES string of the molecule is C(=N/n1cnnc1-c1ccccc1)/c1ccsc1. The molecular weight excluding hydrogens is 244 g/mol. The summed E-state index contributed by atoms with van der Waals surface area (Å²) in [4.78, 5) is 0. The lowest BCUT2D eigenvalue weighted by Crippen LogP contribution is -1.92. The summed E-state index contributed by atoms with van der Waals surface area (Å²) < 4.78 is 1.67. The normalized spacial score (nSPS) is 11.1. The molecule has 5 heteroatoms. The maximum Gasteiger partial charge on any atom is 0.184 e. The molecule has 0 atom stereocenters. The summed E-state index contributed by atoms with van der Waals surface area (Å²) in [7, 11) is 0. The standard InChI is InChI=1S/C13H10N4S/c1-2-4-12(5-3-1)13-16-14-10-17(13)15-8-11-6-7-18-9-11/h1-10H/b15-8-. The fraction of sp³-hybridized carbons (Fsp3) is 0. The van der Waals surface area contributed by atoms with Crippen LogP contribution in [0.25, 0.3) is 11.4 Å². The average Bonchev–Trinajstić information content (AvgIpc) is 3.09. The van der Waals surface area contributed by atoms with Crippen LogP contribution in [0.5, 0.6) is 0 Å². The van der Waals surface area contributed by atoms with Gasteiger partial charge in [-0.1, -0.05) is 30.3 Å². The number of rotatable bonds is 3. The molecule has 0 radical (unpaired) electrons. The molecule has 0 saturated heterocycles. The average molecular weight is 254 g/mol. The minimum absolute atomic E-state index is 0.738. The molecule has 0 spiro atoms. The Bertz CT molecular complexity index is 641. The molecular formula is C13H10N4S. The number of nitrogens with zero attached hydrogens (tertiary/aromatic N) is 4. The van der Waals surface area contributed by atoms with Gasteiger partial charge in [0.2, 0.25) is 0 Å². The Morgan fingerprint density at radius 1 is 1.17 bits per heavy atom. The van der Waals surface area contributed by atoms with E-state index in [1.165, 1.54) is 0 Å². The molecule has 4 nitrogen and oxygen atoms in total. The van der Waals surface area contributed by atoms with Gasteiger partial charge in [-0.3, -0.25) is 0 Å². The van der Waals surface area contributed by atoms with E-state index < -0.39 is 0 Å². The van der Waals surface area contributed by atoms with E-state index in [0.29, 0.717) is 0 Å². The Labute approximate surface area is 108 Å². The molecule has 0 amide bonds. The van der Waals surface area contributed by atoms with Gasteiger partial charge in [-0.2, -0.15) is 21.1 Å². The highest BCUT2D eigenvalue weighted by atomic mass is 32.1. The molecule has 0 N–H and O–H groups in total. The van der Waals surface area contributed by atoms with Crippen LogP contribution >= 0.6 is 11.3 Å². The molecule has 0 aliphatic heterocycles. The Hall–Kier alpha value is -2.27. The van der Waals surface area contributed by atoms with E-state index in [-0.39, 0.29) is 0 Å². The minimum Gasteiger partial charge on any atom is -0.200 e. The molecule has 88 valence electrons. The van der Waals surface area contributed by atoms with E-state index in [2.05, 4.69) is 15.3 Å². The molecule has 2 heterocycles. The molecule has 2 aromatic heterocycles. The second-order valence-electron chi connectivity index (χ2n) is 3.67. The smallest absolute Gasteiger partial charge is 0.184 e. The number of aromatic nitrogens is 3. The molecule has 3 rings (SSSR count). The molecule has 3 aromatic rings. The van der Waals surface area contributed by atoms with Crippen LogP contribution < -0.4 is 0 Å². The quantitative estimate of drug-likeness (QED) is 0.674. The van der Waals surface area contributed by atoms with E-state index in [1.54, 1.807) is 28.6 Å². The lowest BCUT2D eigenvalue weighted by molar-refractivity contribution is 0.888. The van der Waals surface area contributed by atoms with Gasteiger partial charge in [0.05, 0.1) is 6.21 Å². The van der Waals surface area contributed by atoms with Crippen molar-refractivity contribution in [2.75, 3.05) is 0 Å². The van der Waals surface area contributed by atoms with Gasteiger partial charge >= 0.3 is 0 Å². The zero-order valence-corrected chi connectivity index (χ0v) is 10.3. The predicted molar refractivity (Wildman–Crippen MR) is 72.8 cm³/mol. The second kappa shape index (κ2) is 4.93. The maximum absolute atomic E-state index is 4.36. The Kier molecular flexibility index (Phi) is 2.97. The first-order chi connectivity index (χ1) is 8.93. The highest BCUT2D eigenvalue weighted by Gasteiger charge is 2.04. The van der Waals surface area contributed by atoms with Gasteiger partial charge in [-0.05, 0) is 16.8 Å². The Balaban J connectivity index is 1.93. The minimum atomic E-state index is 0.738. The van der Waals surface area contributed by atoms with Crippen LogP contribution in [0.15, 0.2) is 58.6 Å². The van der Waals surface area contributed by atoms with Gasteiger partial charge in [0.25, 0.3) is 0 Å². The molecule has 0 aliphatic rings. The highest BCUT2D eigenvalue weighted by Crippen LogP contribution is 2.15. The van der Waals surface area contributed by atoms with Crippen LogP contribution in [-0.4, -0.2) is 21.1 Å². The summed E-state index contributed by atoms with van der Waals surface area (Å²) in [6.45, 7) is 0. The number of benzene rings is 1. The summed E-state index contributed by atoms with van der Waals surface area (Å²) in [6, 6.07) is 11.9. The fourth-order valence-corrected chi connectivity index (χ4v) is 2.18. The largest absolute Gasteiger partial charge is 0.200 e. The van der Waals surface area contributed by atoms with Crippen LogP contribution in [0.4, 0.5) is 0 Å². The van der Waals surface area contributed by atoms with Crippen molar-refractivity contribution in [3.05, 3.63) is 59.0 Å².